The predicted octanol–water partition coefficient (Wildman–Crippen LogP) is 2.29. The second-order valence-corrected chi connectivity index (χ2v) is 5.51. The molecule has 1 unspecified atom stereocenters. The fourth-order valence-electron chi connectivity index (χ4n) is 2.47. The van der Waals surface area contributed by atoms with Gasteiger partial charge < -0.3 is 4.90 Å². The van der Waals surface area contributed by atoms with Gasteiger partial charge in [-0.3, -0.25) is 9.88 Å². The molecule has 0 spiro atoms. The third kappa shape index (κ3) is 4.15. The van der Waals surface area contributed by atoms with Crippen LogP contribution in [0.2, 0.25) is 0 Å². The zero-order valence-electron chi connectivity index (χ0n) is 12.3. The second kappa shape index (κ2) is 6.83. The summed E-state index contributed by atoms with van der Waals surface area (Å²) in [6.45, 7) is 5.57. The Balaban J connectivity index is 1.80. The van der Waals surface area contributed by atoms with Gasteiger partial charge in [-0.15, -0.1) is 0 Å². The molecule has 0 aliphatic carbocycles. The van der Waals surface area contributed by atoms with Gasteiger partial charge >= 0.3 is 0 Å². The summed E-state index contributed by atoms with van der Waals surface area (Å²) >= 11 is 0. The van der Waals surface area contributed by atoms with Crippen LogP contribution in [0.4, 0.5) is 0 Å². The molecule has 3 nitrogen and oxygen atoms in total. The molecular weight excluding hydrogens is 234 g/mol. The lowest BCUT2D eigenvalue weighted by atomic mass is 10.2. The number of nitrogens with zero attached hydrogens (tertiary/aromatic N) is 3. The van der Waals surface area contributed by atoms with E-state index in [0.29, 0.717) is 0 Å². The fourth-order valence-corrected chi connectivity index (χ4v) is 2.47. The lowest BCUT2D eigenvalue weighted by Crippen LogP contribution is -2.31. The zero-order chi connectivity index (χ0) is 13.7. The Kier molecular flexibility index (Phi) is 5.11. The first kappa shape index (κ1) is 14.2. The minimum atomic E-state index is 0.718. The summed E-state index contributed by atoms with van der Waals surface area (Å²) in [4.78, 5) is 9.27. The van der Waals surface area contributed by atoms with Crippen molar-refractivity contribution in [3.05, 3.63) is 35.7 Å². The molecule has 1 atom stereocenters. The van der Waals surface area contributed by atoms with E-state index in [1.54, 1.807) is 0 Å². The molecule has 1 saturated heterocycles. The maximum Gasteiger partial charge on any atom is 0.0627 e. The van der Waals surface area contributed by atoms with Gasteiger partial charge in [0.25, 0.3) is 0 Å². The highest BCUT2D eigenvalue weighted by Gasteiger charge is 2.22. The molecule has 1 aliphatic rings. The van der Waals surface area contributed by atoms with Crippen LogP contribution in [0.1, 0.15) is 24.6 Å². The van der Waals surface area contributed by atoms with E-state index in [0.717, 1.165) is 24.7 Å². The van der Waals surface area contributed by atoms with Crippen molar-refractivity contribution < 1.29 is 0 Å². The minimum Gasteiger partial charge on any atom is -0.305 e. The van der Waals surface area contributed by atoms with E-state index in [9.17, 15) is 0 Å². The van der Waals surface area contributed by atoms with Crippen molar-refractivity contribution in [3.8, 4) is 0 Å². The summed E-state index contributed by atoms with van der Waals surface area (Å²) in [5.41, 5.74) is 2.35. The standard InChI is InChI=1S/C16H25N3/c1-4-14-7-8-15(17-12-14)6-5-10-19-11-9-16(13-19)18(2)3/h5-8,12,16H,4,9-11,13H2,1-3H3/b6-5+. The third-order valence-corrected chi connectivity index (χ3v) is 3.89. The van der Waals surface area contributed by atoms with E-state index < -0.39 is 0 Å². The summed E-state index contributed by atoms with van der Waals surface area (Å²) < 4.78 is 0. The van der Waals surface area contributed by atoms with Crippen molar-refractivity contribution in [2.45, 2.75) is 25.8 Å². The quantitative estimate of drug-likeness (QED) is 0.809. The molecule has 1 aromatic rings. The summed E-state index contributed by atoms with van der Waals surface area (Å²) in [7, 11) is 4.34. The Hall–Kier alpha value is -1.19. The van der Waals surface area contributed by atoms with E-state index in [1.807, 2.05) is 6.20 Å². The van der Waals surface area contributed by atoms with Crippen LogP contribution in [0.5, 0.6) is 0 Å². The van der Waals surface area contributed by atoms with Crippen LogP contribution in [-0.2, 0) is 6.42 Å². The van der Waals surface area contributed by atoms with E-state index in [4.69, 9.17) is 0 Å². The van der Waals surface area contributed by atoms with E-state index in [1.165, 1.54) is 25.1 Å². The molecule has 0 amide bonds. The summed E-state index contributed by atoms with van der Waals surface area (Å²) in [6.07, 6.45) is 8.66. The number of aryl methyl sites for hydroxylation is 1. The third-order valence-electron chi connectivity index (χ3n) is 3.89. The molecule has 0 aromatic carbocycles. The highest BCUT2D eigenvalue weighted by molar-refractivity contribution is 5.44. The lowest BCUT2D eigenvalue weighted by Gasteiger charge is -2.19. The molecule has 104 valence electrons. The number of pyridine rings is 1. The highest BCUT2D eigenvalue weighted by atomic mass is 15.2. The fraction of sp³-hybridized carbons (Fsp3) is 0.562. The minimum absolute atomic E-state index is 0.718. The Morgan fingerprint density at radius 3 is 2.84 bits per heavy atom. The number of rotatable bonds is 5. The molecule has 3 heteroatoms. The Morgan fingerprint density at radius 1 is 1.42 bits per heavy atom. The first-order valence-corrected chi connectivity index (χ1v) is 7.19. The van der Waals surface area contributed by atoms with Crippen molar-refractivity contribution in [2.24, 2.45) is 0 Å². The van der Waals surface area contributed by atoms with Gasteiger partial charge in [-0.2, -0.15) is 0 Å². The van der Waals surface area contributed by atoms with Crippen molar-refractivity contribution in [1.82, 2.24) is 14.8 Å². The molecule has 0 saturated carbocycles. The highest BCUT2D eigenvalue weighted by Crippen LogP contribution is 2.13. The summed E-state index contributed by atoms with van der Waals surface area (Å²) in [6, 6.07) is 4.97. The lowest BCUT2D eigenvalue weighted by molar-refractivity contribution is 0.280. The van der Waals surface area contributed by atoms with Gasteiger partial charge in [0.15, 0.2) is 0 Å². The molecule has 0 N–H and O–H groups in total. The normalized spacial score (nSPS) is 20.7. The van der Waals surface area contributed by atoms with Crippen LogP contribution in [0.15, 0.2) is 24.4 Å². The van der Waals surface area contributed by atoms with Gasteiger partial charge in [0, 0.05) is 31.9 Å². The molecule has 2 rings (SSSR count). The van der Waals surface area contributed by atoms with Gasteiger partial charge in [-0.05, 0) is 44.6 Å². The Morgan fingerprint density at radius 2 is 2.26 bits per heavy atom. The molecular formula is C16H25N3. The average molecular weight is 259 g/mol. The SMILES string of the molecule is CCc1ccc(/C=C/CN2CCC(N(C)C)C2)nc1. The molecule has 0 radical (unpaired) electrons. The number of likely N-dealkylation sites (tertiary alicyclic amines) is 1. The van der Waals surface area contributed by atoms with Crippen LogP contribution in [-0.4, -0.2) is 54.6 Å². The van der Waals surface area contributed by atoms with Crippen molar-refractivity contribution in [3.63, 3.8) is 0 Å². The van der Waals surface area contributed by atoms with Crippen LogP contribution in [0.25, 0.3) is 6.08 Å². The first-order valence-electron chi connectivity index (χ1n) is 7.19. The van der Waals surface area contributed by atoms with Gasteiger partial charge in [0.1, 0.15) is 0 Å². The van der Waals surface area contributed by atoms with Crippen LogP contribution in [0, 0.1) is 0 Å². The molecule has 2 heterocycles. The zero-order valence-corrected chi connectivity index (χ0v) is 12.3. The largest absolute Gasteiger partial charge is 0.305 e. The summed E-state index contributed by atoms with van der Waals surface area (Å²) in [5, 5.41) is 0. The van der Waals surface area contributed by atoms with Crippen LogP contribution in [0.3, 0.4) is 0 Å². The topological polar surface area (TPSA) is 19.4 Å². The number of likely N-dealkylation sites (N-methyl/N-ethyl adjacent to an activating group) is 1. The first-order chi connectivity index (χ1) is 9.19. The summed E-state index contributed by atoms with van der Waals surface area (Å²) in [5.74, 6) is 0. The van der Waals surface area contributed by atoms with Crippen molar-refractivity contribution in [1.29, 1.82) is 0 Å². The van der Waals surface area contributed by atoms with Crippen molar-refractivity contribution >= 4 is 6.08 Å². The Labute approximate surface area is 116 Å². The molecule has 1 aromatic heterocycles. The monoisotopic (exact) mass is 259 g/mol. The van der Waals surface area contributed by atoms with Gasteiger partial charge in [0.2, 0.25) is 0 Å². The van der Waals surface area contributed by atoms with Crippen LogP contribution >= 0.6 is 0 Å². The molecule has 1 aliphatic heterocycles. The maximum atomic E-state index is 4.44. The molecule has 0 bridgehead atoms. The smallest absolute Gasteiger partial charge is 0.0627 e. The van der Waals surface area contributed by atoms with E-state index in [2.05, 4.69) is 60.1 Å². The van der Waals surface area contributed by atoms with Crippen molar-refractivity contribution in [2.75, 3.05) is 33.7 Å². The van der Waals surface area contributed by atoms with E-state index >= 15 is 0 Å². The van der Waals surface area contributed by atoms with Gasteiger partial charge in [0.05, 0.1) is 5.69 Å². The Bertz CT molecular complexity index is 409. The molecule has 19 heavy (non-hydrogen) atoms. The van der Waals surface area contributed by atoms with E-state index in [-0.39, 0.29) is 0 Å². The average Bonchev–Trinajstić information content (AvgIpc) is 2.89. The maximum absolute atomic E-state index is 4.44. The second-order valence-electron chi connectivity index (χ2n) is 5.51. The predicted molar refractivity (Wildman–Crippen MR) is 81.2 cm³/mol. The van der Waals surface area contributed by atoms with Crippen LogP contribution < -0.4 is 0 Å². The number of hydrogen-bond donors (Lipinski definition) is 0. The number of hydrogen-bond acceptors (Lipinski definition) is 3. The molecule has 1 fully saturated rings. The number of aromatic nitrogens is 1. The van der Waals surface area contributed by atoms with Gasteiger partial charge in [-0.25, -0.2) is 0 Å². The van der Waals surface area contributed by atoms with Gasteiger partial charge in [-0.1, -0.05) is 19.1 Å².